The zero-order chi connectivity index (χ0) is 29.9. The van der Waals surface area contributed by atoms with Crippen molar-refractivity contribution in [1.82, 2.24) is 0 Å². The summed E-state index contributed by atoms with van der Waals surface area (Å²) in [5, 5.41) is 3.10. The molecule has 0 atom stereocenters. The Hall–Kier alpha value is -3.28. The summed E-state index contributed by atoms with van der Waals surface area (Å²) in [6, 6.07) is 20.8. The lowest BCUT2D eigenvalue weighted by atomic mass is 10.2. The highest BCUT2D eigenvalue weighted by molar-refractivity contribution is 7.93. The molecule has 1 amide bonds. The molecular formula is C28H24Cl3N3O5S2. The molecule has 41 heavy (non-hydrogen) atoms. The molecule has 4 aromatic rings. The van der Waals surface area contributed by atoms with E-state index < -0.39 is 32.5 Å². The normalized spacial score (nSPS) is 11.6. The van der Waals surface area contributed by atoms with Crippen molar-refractivity contribution in [2.45, 2.75) is 23.6 Å². The van der Waals surface area contributed by atoms with Gasteiger partial charge in [0.25, 0.3) is 20.0 Å². The van der Waals surface area contributed by atoms with Crippen LogP contribution >= 0.6 is 34.8 Å². The molecule has 0 aromatic heterocycles. The van der Waals surface area contributed by atoms with E-state index in [1.165, 1.54) is 60.7 Å². The molecule has 0 radical (unpaired) electrons. The van der Waals surface area contributed by atoms with Gasteiger partial charge >= 0.3 is 0 Å². The van der Waals surface area contributed by atoms with Crippen LogP contribution in [0.4, 0.5) is 17.1 Å². The van der Waals surface area contributed by atoms with Gasteiger partial charge in [-0.1, -0.05) is 64.6 Å². The summed E-state index contributed by atoms with van der Waals surface area (Å²) in [6.07, 6.45) is 0. The van der Waals surface area contributed by atoms with E-state index in [2.05, 4.69) is 10.0 Å². The van der Waals surface area contributed by atoms with E-state index in [1.54, 1.807) is 31.2 Å². The predicted molar refractivity (Wildman–Crippen MR) is 164 cm³/mol. The lowest BCUT2D eigenvalue weighted by Crippen LogP contribution is -2.38. The van der Waals surface area contributed by atoms with Crippen LogP contribution < -0.4 is 14.3 Å². The van der Waals surface area contributed by atoms with Crippen molar-refractivity contribution < 1.29 is 21.6 Å². The van der Waals surface area contributed by atoms with E-state index >= 15 is 0 Å². The number of nitrogens with one attached hydrogen (secondary N) is 2. The highest BCUT2D eigenvalue weighted by Crippen LogP contribution is 2.35. The van der Waals surface area contributed by atoms with Crippen LogP contribution in [0.1, 0.15) is 11.1 Å². The molecule has 0 bridgehead atoms. The minimum atomic E-state index is -4.23. The molecule has 4 rings (SSSR count). The summed E-state index contributed by atoms with van der Waals surface area (Å²) in [5.41, 5.74) is 2.23. The minimum absolute atomic E-state index is 0.0265. The van der Waals surface area contributed by atoms with Crippen molar-refractivity contribution in [3.05, 3.63) is 111 Å². The van der Waals surface area contributed by atoms with E-state index in [1.807, 2.05) is 6.92 Å². The molecule has 0 spiro atoms. The van der Waals surface area contributed by atoms with Crippen LogP contribution in [0.2, 0.25) is 15.1 Å². The number of nitrogens with zero attached hydrogens (tertiary/aromatic N) is 1. The van der Waals surface area contributed by atoms with Crippen LogP contribution in [0.3, 0.4) is 0 Å². The van der Waals surface area contributed by atoms with Crippen LogP contribution in [0.25, 0.3) is 0 Å². The fourth-order valence-electron chi connectivity index (χ4n) is 3.74. The van der Waals surface area contributed by atoms with Crippen molar-refractivity contribution in [3.8, 4) is 0 Å². The minimum Gasteiger partial charge on any atom is -0.325 e. The predicted octanol–water partition coefficient (Wildman–Crippen LogP) is 6.90. The number of sulfonamides is 2. The first kappa shape index (κ1) is 30.7. The number of carbonyl (C=O) groups excluding carboxylic acids is 1. The third kappa shape index (κ3) is 7.14. The molecule has 0 aliphatic carbocycles. The Labute approximate surface area is 254 Å². The number of rotatable bonds is 9. The average molecular weight is 653 g/mol. The zero-order valence-corrected chi connectivity index (χ0v) is 25.6. The summed E-state index contributed by atoms with van der Waals surface area (Å²) >= 11 is 18.6. The van der Waals surface area contributed by atoms with Crippen molar-refractivity contribution in [3.63, 3.8) is 0 Å². The number of aryl methyl sites for hydroxylation is 2. The smallest absolute Gasteiger partial charge is 0.264 e. The second-order valence-electron chi connectivity index (χ2n) is 9.04. The van der Waals surface area contributed by atoms with Crippen molar-refractivity contribution in [2.24, 2.45) is 0 Å². The van der Waals surface area contributed by atoms with Gasteiger partial charge in [-0.25, -0.2) is 16.8 Å². The van der Waals surface area contributed by atoms with Gasteiger partial charge in [0.1, 0.15) is 6.54 Å². The number of carbonyl (C=O) groups is 1. The fourth-order valence-corrected chi connectivity index (χ4v) is 6.85. The second-order valence-corrected chi connectivity index (χ2v) is 13.8. The van der Waals surface area contributed by atoms with Crippen LogP contribution in [0, 0.1) is 13.8 Å². The molecule has 2 N–H and O–H groups in total. The Morgan fingerprint density at radius 2 is 1.37 bits per heavy atom. The van der Waals surface area contributed by atoms with Gasteiger partial charge < -0.3 is 5.32 Å². The maximum absolute atomic E-state index is 13.6. The maximum atomic E-state index is 13.6. The van der Waals surface area contributed by atoms with Gasteiger partial charge in [0, 0.05) is 10.7 Å². The number of hydrogen-bond donors (Lipinski definition) is 2. The summed E-state index contributed by atoms with van der Waals surface area (Å²) in [4.78, 5) is 13.0. The topological polar surface area (TPSA) is 113 Å². The molecule has 0 aliphatic heterocycles. The molecule has 4 aromatic carbocycles. The highest BCUT2D eigenvalue weighted by Gasteiger charge is 2.29. The van der Waals surface area contributed by atoms with E-state index in [0.717, 1.165) is 15.4 Å². The molecule has 13 heteroatoms. The fraction of sp³-hybridized carbons (Fsp3) is 0.107. The summed E-state index contributed by atoms with van der Waals surface area (Å²) < 4.78 is 56.2. The van der Waals surface area contributed by atoms with Crippen LogP contribution in [0.15, 0.2) is 94.7 Å². The van der Waals surface area contributed by atoms with Crippen LogP contribution in [-0.4, -0.2) is 29.3 Å². The Balaban J connectivity index is 1.55. The molecule has 214 valence electrons. The molecule has 0 saturated heterocycles. The lowest BCUT2D eigenvalue weighted by molar-refractivity contribution is -0.114. The molecule has 0 fully saturated rings. The summed E-state index contributed by atoms with van der Waals surface area (Å²) in [7, 11) is -8.17. The number of anilines is 3. The van der Waals surface area contributed by atoms with Gasteiger partial charge in [-0.15, -0.1) is 0 Å². The third-order valence-electron chi connectivity index (χ3n) is 5.97. The monoisotopic (exact) mass is 651 g/mol. The number of hydrogen-bond acceptors (Lipinski definition) is 5. The molecule has 0 aliphatic rings. The Bertz CT molecular complexity index is 1810. The Morgan fingerprint density at radius 3 is 2.00 bits per heavy atom. The lowest BCUT2D eigenvalue weighted by Gasteiger charge is -2.25. The first-order valence-electron chi connectivity index (χ1n) is 12.0. The SMILES string of the molecule is Cc1ccc(S(=O)(=O)N(CC(=O)Nc2ccc(S(=O)(=O)Nc3ccc(C)c(Cl)c3)cc2)c2cccc(Cl)c2Cl)cc1. The average Bonchev–Trinajstić information content (AvgIpc) is 2.91. The van der Waals surface area contributed by atoms with Gasteiger partial charge in [0.05, 0.1) is 31.2 Å². The van der Waals surface area contributed by atoms with Crippen molar-refractivity contribution in [2.75, 3.05) is 20.9 Å². The molecule has 0 unspecified atom stereocenters. The molecule has 8 nitrogen and oxygen atoms in total. The van der Waals surface area contributed by atoms with Gasteiger partial charge in [-0.05, 0) is 80.1 Å². The van der Waals surface area contributed by atoms with E-state index in [4.69, 9.17) is 34.8 Å². The molecule has 0 saturated carbocycles. The van der Waals surface area contributed by atoms with Crippen molar-refractivity contribution in [1.29, 1.82) is 0 Å². The standard InChI is InChI=1S/C28H24Cl3N3O5S2/c1-18-6-12-23(13-7-18)41(38,39)34(26-5-3-4-24(29)28(26)31)17-27(35)32-20-10-14-22(15-11-20)40(36,37)33-21-9-8-19(2)25(30)16-21/h3-16,33H,17H2,1-2H3,(H,32,35). The summed E-state index contributed by atoms with van der Waals surface area (Å²) in [6.45, 7) is 2.99. The van der Waals surface area contributed by atoms with E-state index in [9.17, 15) is 21.6 Å². The van der Waals surface area contributed by atoms with E-state index in [0.29, 0.717) is 10.7 Å². The van der Waals surface area contributed by atoms with Crippen molar-refractivity contribution >= 4 is 77.8 Å². The second kappa shape index (κ2) is 12.3. The number of benzene rings is 4. The highest BCUT2D eigenvalue weighted by atomic mass is 35.5. The first-order valence-corrected chi connectivity index (χ1v) is 16.1. The Morgan fingerprint density at radius 1 is 0.756 bits per heavy atom. The Kier molecular flexibility index (Phi) is 9.20. The molecular weight excluding hydrogens is 629 g/mol. The van der Waals surface area contributed by atoms with Gasteiger partial charge in [-0.3, -0.25) is 13.8 Å². The van der Waals surface area contributed by atoms with E-state index in [-0.39, 0.29) is 31.2 Å². The largest absolute Gasteiger partial charge is 0.325 e. The van der Waals surface area contributed by atoms with Crippen LogP contribution in [0.5, 0.6) is 0 Å². The maximum Gasteiger partial charge on any atom is 0.264 e. The quantitative estimate of drug-likeness (QED) is 0.204. The van der Waals surface area contributed by atoms with Gasteiger partial charge in [0.15, 0.2) is 0 Å². The van der Waals surface area contributed by atoms with Crippen LogP contribution in [-0.2, 0) is 24.8 Å². The molecule has 0 heterocycles. The van der Waals surface area contributed by atoms with Gasteiger partial charge in [0.2, 0.25) is 5.91 Å². The third-order valence-corrected chi connectivity index (χ3v) is 10.4. The summed E-state index contributed by atoms with van der Waals surface area (Å²) in [5.74, 6) is -0.695. The van der Waals surface area contributed by atoms with Gasteiger partial charge in [-0.2, -0.15) is 0 Å². The zero-order valence-electron chi connectivity index (χ0n) is 21.7. The number of amides is 1. The first-order chi connectivity index (χ1) is 19.3. The number of halogens is 3.